The zero-order chi connectivity index (χ0) is 17.2. The van der Waals surface area contributed by atoms with Crippen LogP contribution in [0.2, 0.25) is 0 Å². The maximum atomic E-state index is 12.3. The summed E-state index contributed by atoms with van der Waals surface area (Å²) in [5.74, 6) is 0.454. The minimum absolute atomic E-state index is 0.00268. The Balaban J connectivity index is 1.39. The number of para-hydroxylation sites is 1. The lowest BCUT2D eigenvalue weighted by Crippen LogP contribution is -2.41. The first-order valence-electron chi connectivity index (χ1n) is 8.49. The Morgan fingerprint density at radius 2 is 2.28 bits per heavy atom. The van der Waals surface area contributed by atoms with Crippen LogP contribution in [0.4, 0.5) is 5.13 Å². The highest BCUT2D eigenvalue weighted by Crippen LogP contribution is 2.31. The normalized spacial score (nSPS) is 17.8. The monoisotopic (exact) mass is 372 g/mol. The van der Waals surface area contributed by atoms with E-state index in [4.69, 9.17) is 4.98 Å². The molecule has 4 rings (SSSR count). The fourth-order valence-electron chi connectivity index (χ4n) is 3.24. The van der Waals surface area contributed by atoms with Crippen LogP contribution in [0.25, 0.3) is 10.2 Å². The van der Waals surface area contributed by atoms with Gasteiger partial charge in [0.05, 0.1) is 21.4 Å². The van der Waals surface area contributed by atoms with Crippen molar-refractivity contribution >= 4 is 43.9 Å². The van der Waals surface area contributed by atoms with Crippen LogP contribution in [0.3, 0.4) is 0 Å². The molecule has 1 saturated heterocycles. The summed E-state index contributed by atoms with van der Waals surface area (Å²) >= 11 is 3.15. The molecule has 130 valence electrons. The summed E-state index contributed by atoms with van der Waals surface area (Å²) in [6.45, 7) is 4.57. The number of thiazole rings is 2. The van der Waals surface area contributed by atoms with Crippen LogP contribution in [0.15, 0.2) is 29.8 Å². The Hall–Kier alpha value is -1.99. The Morgan fingerprint density at radius 3 is 3.08 bits per heavy atom. The molecule has 1 fully saturated rings. The van der Waals surface area contributed by atoms with Gasteiger partial charge in [-0.05, 0) is 37.8 Å². The van der Waals surface area contributed by atoms with Gasteiger partial charge in [-0.3, -0.25) is 4.79 Å². The molecule has 0 radical (unpaired) electrons. The zero-order valence-electron chi connectivity index (χ0n) is 14.1. The van der Waals surface area contributed by atoms with E-state index in [1.165, 1.54) is 16.0 Å². The lowest BCUT2D eigenvalue weighted by molar-refractivity contribution is 0.0949. The van der Waals surface area contributed by atoms with Crippen LogP contribution in [0.5, 0.6) is 0 Å². The second kappa shape index (κ2) is 7.09. The molecule has 5 nitrogen and oxygen atoms in total. The van der Waals surface area contributed by atoms with Crippen molar-refractivity contribution in [2.24, 2.45) is 5.92 Å². The molecular formula is C18H20N4OS2. The molecule has 0 bridgehead atoms. The van der Waals surface area contributed by atoms with Gasteiger partial charge in [0.1, 0.15) is 4.88 Å². The van der Waals surface area contributed by atoms with E-state index in [1.807, 2.05) is 13.0 Å². The fraction of sp³-hybridized carbons (Fsp3) is 0.389. The number of piperidine rings is 1. The van der Waals surface area contributed by atoms with Crippen molar-refractivity contribution in [3.8, 4) is 0 Å². The first-order chi connectivity index (χ1) is 12.2. The smallest absolute Gasteiger partial charge is 0.263 e. The number of carbonyl (C=O) groups excluding carboxylic acids is 1. The minimum atomic E-state index is -0.00268. The number of carbonyl (C=O) groups is 1. The number of nitrogens with one attached hydrogen (secondary N) is 1. The summed E-state index contributed by atoms with van der Waals surface area (Å²) in [6.07, 6.45) is 2.28. The van der Waals surface area contributed by atoms with Crippen LogP contribution in [-0.2, 0) is 0 Å². The third-order valence-corrected chi connectivity index (χ3v) is 6.60. The Bertz CT molecular complexity index is 855. The molecule has 25 heavy (non-hydrogen) atoms. The fourth-order valence-corrected chi connectivity index (χ4v) is 4.96. The molecule has 2 aromatic heterocycles. The molecule has 1 N–H and O–H groups in total. The van der Waals surface area contributed by atoms with Crippen molar-refractivity contribution in [3.63, 3.8) is 0 Å². The van der Waals surface area contributed by atoms with Gasteiger partial charge in [-0.25, -0.2) is 9.97 Å². The molecule has 3 aromatic rings. The SMILES string of the molecule is Cc1ncsc1C(=O)NCC1CCCN(c2nc3ccccc3s2)C1. The van der Waals surface area contributed by atoms with Gasteiger partial charge < -0.3 is 10.2 Å². The maximum absolute atomic E-state index is 12.3. The first kappa shape index (κ1) is 16.5. The molecule has 0 saturated carbocycles. The number of amides is 1. The number of hydrogen-bond acceptors (Lipinski definition) is 6. The average Bonchev–Trinajstić information content (AvgIpc) is 3.26. The molecule has 0 spiro atoms. The topological polar surface area (TPSA) is 58.1 Å². The predicted octanol–water partition coefficient (Wildman–Crippen LogP) is 3.71. The molecule has 1 aliphatic heterocycles. The number of hydrogen-bond donors (Lipinski definition) is 1. The van der Waals surface area contributed by atoms with Gasteiger partial charge in [0, 0.05) is 19.6 Å². The van der Waals surface area contributed by atoms with Gasteiger partial charge in [0.15, 0.2) is 5.13 Å². The summed E-state index contributed by atoms with van der Waals surface area (Å²) in [6, 6.07) is 8.27. The number of anilines is 1. The zero-order valence-corrected chi connectivity index (χ0v) is 15.7. The number of aromatic nitrogens is 2. The van der Waals surface area contributed by atoms with Crippen molar-refractivity contribution in [3.05, 3.63) is 40.3 Å². The highest BCUT2D eigenvalue weighted by atomic mass is 32.1. The van der Waals surface area contributed by atoms with E-state index in [2.05, 4.69) is 33.4 Å². The van der Waals surface area contributed by atoms with E-state index in [0.29, 0.717) is 12.5 Å². The predicted molar refractivity (Wildman–Crippen MR) is 104 cm³/mol. The van der Waals surface area contributed by atoms with E-state index < -0.39 is 0 Å². The van der Waals surface area contributed by atoms with Gasteiger partial charge in [0.2, 0.25) is 0 Å². The molecular weight excluding hydrogens is 352 g/mol. The number of benzene rings is 1. The van der Waals surface area contributed by atoms with E-state index >= 15 is 0 Å². The van der Waals surface area contributed by atoms with Gasteiger partial charge >= 0.3 is 0 Å². The second-order valence-electron chi connectivity index (χ2n) is 6.40. The van der Waals surface area contributed by atoms with Crippen LogP contribution in [0.1, 0.15) is 28.2 Å². The molecule has 0 aliphatic carbocycles. The van der Waals surface area contributed by atoms with Crippen molar-refractivity contribution in [1.82, 2.24) is 15.3 Å². The minimum Gasteiger partial charge on any atom is -0.351 e. The van der Waals surface area contributed by atoms with Gasteiger partial charge in [0.25, 0.3) is 5.91 Å². The molecule has 3 heterocycles. The summed E-state index contributed by atoms with van der Waals surface area (Å²) in [7, 11) is 0. The molecule has 1 aromatic carbocycles. The van der Waals surface area contributed by atoms with E-state index in [1.54, 1.807) is 16.8 Å². The van der Waals surface area contributed by atoms with Gasteiger partial charge in [-0.15, -0.1) is 11.3 Å². The Morgan fingerprint density at radius 1 is 1.40 bits per heavy atom. The standard InChI is InChI=1S/C18H20N4OS2/c1-12-16(24-11-20-12)17(23)19-9-13-5-4-8-22(10-13)18-21-14-6-2-3-7-15(14)25-18/h2-3,6-7,11,13H,4-5,8-10H2,1H3,(H,19,23). The van der Waals surface area contributed by atoms with Crippen LogP contribution >= 0.6 is 22.7 Å². The third kappa shape index (κ3) is 3.52. The molecule has 7 heteroatoms. The highest BCUT2D eigenvalue weighted by Gasteiger charge is 2.23. The average molecular weight is 373 g/mol. The summed E-state index contributed by atoms with van der Waals surface area (Å²) in [5, 5.41) is 4.18. The van der Waals surface area contributed by atoms with Crippen molar-refractivity contribution in [2.75, 3.05) is 24.5 Å². The largest absolute Gasteiger partial charge is 0.351 e. The summed E-state index contributed by atoms with van der Waals surface area (Å²) in [4.78, 5) is 24.3. The van der Waals surface area contributed by atoms with Crippen LogP contribution < -0.4 is 10.2 Å². The summed E-state index contributed by atoms with van der Waals surface area (Å²) < 4.78 is 1.23. The first-order valence-corrected chi connectivity index (χ1v) is 10.2. The maximum Gasteiger partial charge on any atom is 0.263 e. The van der Waals surface area contributed by atoms with Crippen molar-refractivity contribution in [1.29, 1.82) is 0 Å². The van der Waals surface area contributed by atoms with Gasteiger partial charge in [-0.1, -0.05) is 23.5 Å². The summed E-state index contributed by atoms with van der Waals surface area (Å²) in [5.41, 5.74) is 3.60. The molecule has 1 atom stereocenters. The van der Waals surface area contributed by atoms with E-state index in [-0.39, 0.29) is 5.91 Å². The Kier molecular flexibility index (Phi) is 4.67. The number of nitrogens with zero attached hydrogens (tertiary/aromatic N) is 3. The number of fused-ring (bicyclic) bond motifs is 1. The van der Waals surface area contributed by atoms with Crippen molar-refractivity contribution < 1.29 is 4.79 Å². The van der Waals surface area contributed by atoms with Crippen LogP contribution in [-0.4, -0.2) is 35.5 Å². The molecule has 1 unspecified atom stereocenters. The van der Waals surface area contributed by atoms with E-state index in [0.717, 1.165) is 47.2 Å². The highest BCUT2D eigenvalue weighted by molar-refractivity contribution is 7.22. The van der Waals surface area contributed by atoms with Crippen LogP contribution in [0, 0.1) is 12.8 Å². The third-order valence-electron chi connectivity index (χ3n) is 4.58. The second-order valence-corrected chi connectivity index (χ2v) is 8.26. The lowest BCUT2D eigenvalue weighted by Gasteiger charge is -2.32. The van der Waals surface area contributed by atoms with Gasteiger partial charge in [-0.2, -0.15) is 0 Å². The molecule has 1 aliphatic rings. The number of rotatable bonds is 4. The van der Waals surface area contributed by atoms with Crippen molar-refractivity contribution in [2.45, 2.75) is 19.8 Å². The Labute approximate surface area is 154 Å². The molecule has 1 amide bonds. The lowest BCUT2D eigenvalue weighted by atomic mass is 9.98. The quantitative estimate of drug-likeness (QED) is 0.758. The number of aryl methyl sites for hydroxylation is 1. The van der Waals surface area contributed by atoms with E-state index in [9.17, 15) is 4.79 Å².